The van der Waals surface area contributed by atoms with Crippen LogP contribution in [0.1, 0.15) is 21.5 Å². The molecule has 2 aromatic rings. The van der Waals surface area contributed by atoms with Crippen molar-refractivity contribution in [2.24, 2.45) is 0 Å². The van der Waals surface area contributed by atoms with Gasteiger partial charge in [-0.2, -0.15) is 0 Å². The highest BCUT2D eigenvalue weighted by atomic mass is 32.2. The van der Waals surface area contributed by atoms with E-state index < -0.39 is 10.0 Å². The third kappa shape index (κ3) is 4.42. The van der Waals surface area contributed by atoms with E-state index in [1.165, 1.54) is 20.2 Å². The van der Waals surface area contributed by atoms with Crippen LogP contribution in [0.5, 0.6) is 5.75 Å². The first-order chi connectivity index (χ1) is 12.3. The van der Waals surface area contributed by atoms with Gasteiger partial charge in [0.1, 0.15) is 5.75 Å². The molecule has 7 heteroatoms. The average Bonchev–Trinajstić information content (AvgIpc) is 2.62. The van der Waals surface area contributed by atoms with Crippen LogP contribution in [0.25, 0.3) is 0 Å². The molecule has 1 amide bonds. The molecule has 2 aromatic carbocycles. The van der Waals surface area contributed by atoms with E-state index in [0.717, 1.165) is 15.6 Å². The highest BCUT2D eigenvalue weighted by molar-refractivity contribution is 7.89. The number of hydrogen-bond donors (Lipinski definition) is 1. The Morgan fingerprint density at radius 2 is 1.85 bits per heavy atom. The smallest absolute Gasteiger partial charge is 0.251 e. The van der Waals surface area contributed by atoms with Crippen molar-refractivity contribution in [2.45, 2.75) is 18.2 Å². The Bertz CT molecular complexity index is 892. The first-order valence-corrected chi connectivity index (χ1v) is 9.64. The number of sulfonamides is 1. The number of amides is 1. The number of nitrogens with zero attached hydrogens (tertiary/aromatic N) is 1. The first-order valence-electron chi connectivity index (χ1n) is 8.20. The average molecular weight is 376 g/mol. The number of carbonyl (C=O) groups excluding carboxylic acids is 1. The van der Waals surface area contributed by atoms with Gasteiger partial charge in [-0.25, -0.2) is 12.7 Å². The molecule has 0 fully saturated rings. The van der Waals surface area contributed by atoms with E-state index in [4.69, 9.17) is 4.74 Å². The standard InChI is InChI=1S/C19H24N2O4S/c1-14-9-10-16(13-18(14)26(23,24)21(2)3)19(22)20-12-11-15-7-5-6-8-17(15)25-4/h5-10,13H,11-12H2,1-4H3,(H,20,22). The van der Waals surface area contributed by atoms with E-state index >= 15 is 0 Å². The van der Waals surface area contributed by atoms with Crippen molar-refractivity contribution >= 4 is 15.9 Å². The molecule has 0 aliphatic heterocycles. The van der Waals surface area contributed by atoms with Crippen molar-refractivity contribution < 1.29 is 17.9 Å². The molecule has 0 aromatic heterocycles. The summed E-state index contributed by atoms with van der Waals surface area (Å²) in [4.78, 5) is 12.5. The minimum absolute atomic E-state index is 0.139. The summed E-state index contributed by atoms with van der Waals surface area (Å²) in [5.41, 5.74) is 1.91. The van der Waals surface area contributed by atoms with Crippen molar-refractivity contribution in [3.05, 3.63) is 59.2 Å². The molecule has 140 valence electrons. The number of carbonyl (C=O) groups is 1. The van der Waals surface area contributed by atoms with Gasteiger partial charge in [0.15, 0.2) is 0 Å². The molecule has 0 bridgehead atoms. The molecule has 6 nitrogen and oxygen atoms in total. The van der Waals surface area contributed by atoms with Crippen LogP contribution in [0.3, 0.4) is 0 Å². The fourth-order valence-electron chi connectivity index (χ4n) is 2.54. The van der Waals surface area contributed by atoms with Gasteiger partial charge in [0.2, 0.25) is 10.0 Å². The van der Waals surface area contributed by atoms with Gasteiger partial charge >= 0.3 is 0 Å². The number of benzene rings is 2. The van der Waals surface area contributed by atoms with Gasteiger partial charge in [-0.15, -0.1) is 0 Å². The lowest BCUT2D eigenvalue weighted by Gasteiger charge is -2.15. The molecule has 26 heavy (non-hydrogen) atoms. The van der Waals surface area contributed by atoms with Crippen molar-refractivity contribution in [3.8, 4) is 5.75 Å². The second kappa shape index (κ2) is 8.33. The minimum atomic E-state index is -3.60. The summed E-state index contributed by atoms with van der Waals surface area (Å²) in [5, 5.41) is 2.82. The summed E-state index contributed by atoms with van der Waals surface area (Å²) in [6, 6.07) is 12.3. The van der Waals surface area contributed by atoms with Gasteiger partial charge in [0.25, 0.3) is 5.91 Å². The summed E-state index contributed by atoms with van der Waals surface area (Å²) in [6.45, 7) is 2.13. The van der Waals surface area contributed by atoms with E-state index in [1.54, 1.807) is 26.2 Å². The Balaban J connectivity index is 2.11. The van der Waals surface area contributed by atoms with Crippen molar-refractivity contribution in [3.63, 3.8) is 0 Å². The molecule has 1 N–H and O–H groups in total. The predicted octanol–water partition coefficient (Wildman–Crippen LogP) is 2.23. The SMILES string of the molecule is COc1ccccc1CCNC(=O)c1ccc(C)c(S(=O)(=O)N(C)C)c1. The van der Waals surface area contributed by atoms with E-state index in [1.807, 2.05) is 24.3 Å². The molecular formula is C19H24N2O4S. The summed E-state index contributed by atoms with van der Waals surface area (Å²) >= 11 is 0. The molecule has 0 unspecified atom stereocenters. The molecule has 0 radical (unpaired) electrons. The monoisotopic (exact) mass is 376 g/mol. The minimum Gasteiger partial charge on any atom is -0.496 e. The number of methoxy groups -OCH3 is 1. The van der Waals surface area contributed by atoms with Gasteiger partial charge in [0, 0.05) is 26.2 Å². The number of hydrogen-bond acceptors (Lipinski definition) is 4. The topological polar surface area (TPSA) is 75.7 Å². The van der Waals surface area contributed by atoms with Crippen LogP contribution in [-0.2, 0) is 16.4 Å². The zero-order valence-corrected chi connectivity index (χ0v) is 16.3. The molecule has 0 spiro atoms. The Labute approximate surface area is 154 Å². The number of para-hydroxylation sites is 1. The van der Waals surface area contributed by atoms with E-state index in [9.17, 15) is 13.2 Å². The summed E-state index contributed by atoms with van der Waals surface area (Å²) in [6.07, 6.45) is 0.616. The van der Waals surface area contributed by atoms with Gasteiger partial charge in [0.05, 0.1) is 12.0 Å². The molecule has 0 aliphatic rings. The highest BCUT2D eigenvalue weighted by Crippen LogP contribution is 2.20. The zero-order valence-electron chi connectivity index (χ0n) is 15.4. The maximum atomic E-state index is 12.4. The fraction of sp³-hybridized carbons (Fsp3) is 0.316. The molecule has 0 saturated heterocycles. The van der Waals surface area contributed by atoms with Crippen LogP contribution in [0.15, 0.2) is 47.4 Å². The second-order valence-electron chi connectivity index (χ2n) is 6.09. The van der Waals surface area contributed by atoms with Crippen LogP contribution in [0, 0.1) is 6.92 Å². The van der Waals surface area contributed by atoms with E-state index in [-0.39, 0.29) is 10.8 Å². The first kappa shape index (κ1) is 19.9. The lowest BCUT2D eigenvalue weighted by atomic mass is 10.1. The van der Waals surface area contributed by atoms with Gasteiger partial charge in [-0.3, -0.25) is 4.79 Å². The van der Waals surface area contributed by atoms with Crippen LogP contribution in [0.4, 0.5) is 0 Å². The Morgan fingerprint density at radius 3 is 2.50 bits per heavy atom. The lowest BCUT2D eigenvalue weighted by Crippen LogP contribution is -2.27. The predicted molar refractivity (Wildman–Crippen MR) is 101 cm³/mol. The van der Waals surface area contributed by atoms with Crippen LogP contribution >= 0.6 is 0 Å². The molecule has 2 rings (SSSR count). The molecule has 0 saturated carbocycles. The highest BCUT2D eigenvalue weighted by Gasteiger charge is 2.21. The Morgan fingerprint density at radius 1 is 1.15 bits per heavy atom. The normalized spacial score (nSPS) is 11.4. The molecule has 0 atom stereocenters. The van der Waals surface area contributed by atoms with Crippen LogP contribution < -0.4 is 10.1 Å². The van der Waals surface area contributed by atoms with Gasteiger partial charge in [-0.1, -0.05) is 24.3 Å². The summed E-state index contributed by atoms with van der Waals surface area (Å²) in [5.74, 6) is 0.464. The zero-order chi connectivity index (χ0) is 19.3. The maximum Gasteiger partial charge on any atom is 0.251 e. The quantitative estimate of drug-likeness (QED) is 0.804. The molecular weight excluding hydrogens is 352 g/mol. The van der Waals surface area contributed by atoms with Crippen molar-refractivity contribution in [1.29, 1.82) is 0 Å². The van der Waals surface area contributed by atoms with Gasteiger partial charge < -0.3 is 10.1 Å². The largest absolute Gasteiger partial charge is 0.496 e. The fourth-order valence-corrected chi connectivity index (χ4v) is 3.68. The molecule has 0 heterocycles. The van der Waals surface area contributed by atoms with E-state index in [2.05, 4.69) is 5.32 Å². The third-order valence-electron chi connectivity index (χ3n) is 4.08. The number of aryl methyl sites for hydroxylation is 1. The van der Waals surface area contributed by atoms with Crippen LogP contribution in [-0.4, -0.2) is 46.4 Å². The van der Waals surface area contributed by atoms with Gasteiger partial charge in [-0.05, 0) is 42.7 Å². The Kier molecular flexibility index (Phi) is 6.39. The Hall–Kier alpha value is -2.38. The van der Waals surface area contributed by atoms with Crippen molar-refractivity contribution in [2.75, 3.05) is 27.7 Å². The lowest BCUT2D eigenvalue weighted by molar-refractivity contribution is 0.0954. The second-order valence-corrected chi connectivity index (χ2v) is 8.21. The number of rotatable bonds is 7. The number of ether oxygens (including phenoxy) is 1. The summed E-state index contributed by atoms with van der Waals surface area (Å²) in [7, 11) is 0.942. The third-order valence-corrected chi connectivity index (χ3v) is 6.04. The summed E-state index contributed by atoms with van der Waals surface area (Å²) < 4.78 is 31.2. The van der Waals surface area contributed by atoms with E-state index in [0.29, 0.717) is 24.1 Å². The van der Waals surface area contributed by atoms with Crippen molar-refractivity contribution in [1.82, 2.24) is 9.62 Å². The van der Waals surface area contributed by atoms with Crippen LogP contribution in [0.2, 0.25) is 0 Å². The maximum absolute atomic E-state index is 12.4. The molecule has 0 aliphatic carbocycles. The number of nitrogens with one attached hydrogen (secondary N) is 1.